The van der Waals surface area contributed by atoms with E-state index in [0.29, 0.717) is 17.7 Å². The van der Waals surface area contributed by atoms with Gasteiger partial charge in [0, 0.05) is 24.4 Å². The second kappa shape index (κ2) is 6.04. The van der Waals surface area contributed by atoms with E-state index >= 15 is 0 Å². The van der Waals surface area contributed by atoms with Crippen LogP contribution >= 0.6 is 11.8 Å². The summed E-state index contributed by atoms with van der Waals surface area (Å²) in [5, 5.41) is 8.68. The number of hydrogen-bond acceptors (Lipinski definition) is 3. The molecule has 0 saturated carbocycles. The highest BCUT2D eigenvalue weighted by atomic mass is 32.2. The van der Waals surface area contributed by atoms with Crippen molar-refractivity contribution in [2.24, 2.45) is 0 Å². The monoisotopic (exact) mass is 250 g/mol. The molecule has 0 atom stereocenters. The lowest BCUT2D eigenvalue weighted by Crippen LogP contribution is -2.25. The van der Waals surface area contributed by atoms with Gasteiger partial charge in [0.05, 0.1) is 11.6 Å². The summed E-state index contributed by atoms with van der Waals surface area (Å²) >= 11 is 1.96. The highest BCUT2D eigenvalue weighted by Crippen LogP contribution is 2.16. The number of benzene rings is 1. The summed E-state index contributed by atoms with van der Waals surface area (Å²) in [5.41, 5.74) is 1.08. The fourth-order valence-corrected chi connectivity index (χ4v) is 2.87. The maximum absolute atomic E-state index is 13.7. The summed E-state index contributed by atoms with van der Waals surface area (Å²) in [5.74, 6) is 2.06. The lowest BCUT2D eigenvalue weighted by atomic mass is 10.1. The third-order valence-electron chi connectivity index (χ3n) is 2.89. The van der Waals surface area contributed by atoms with Gasteiger partial charge in [-0.3, -0.25) is 4.90 Å². The molecule has 1 aliphatic heterocycles. The van der Waals surface area contributed by atoms with Crippen LogP contribution in [0.2, 0.25) is 0 Å². The number of nitriles is 1. The van der Waals surface area contributed by atoms with E-state index in [9.17, 15) is 4.39 Å². The molecule has 0 aromatic heterocycles. The zero-order valence-electron chi connectivity index (χ0n) is 9.66. The quantitative estimate of drug-likeness (QED) is 0.807. The molecule has 1 aromatic rings. The Kier molecular flexibility index (Phi) is 4.41. The van der Waals surface area contributed by atoms with E-state index in [1.165, 1.54) is 18.2 Å². The number of thioether (sulfide) groups is 1. The summed E-state index contributed by atoms with van der Waals surface area (Å²) in [6.45, 7) is 2.70. The fraction of sp³-hybridized carbons (Fsp3) is 0.462. The van der Waals surface area contributed by atoms with Crippen LogP contribution in [0.4, 0.5) is 4.39 Å². The Hall–Kier alpha value is -1.05. The molecule has 1 heterocycles. The minimum absolute atomic E-state index is 0.263. The minimum atomic E-state index is -0.263. The lowest BCUT2D eigenvalue weighted by Gasteiger charge is -2.19. The molecule has 0 N–H and O–H groups in total. The van der Waals surface area contributed by atoms with E-state index < -0.39 is 0 Å². The molecule has 0 spiro atoms. The zero-order chi connectivity index (χ0) is 12.1. The first-order chi connectivity index (χ1) is 8.29. The highest BCUT2D eigenvalue weighted by Gasteiger charge is 2.12. The lowest BCUT2D eigenvalue weighted by molar-refractivity contribution is 0.283. The molecule has 0 amide bonds. The Morgan fingerprint density at radius 2 is 2.24 bits per heavy atom. The Morgan fingerprint density at radius 1 is 1.35 bits per heavy atom. The van der Waals surface area contributed by atoms with Gasteiger partial charge in [-0.1, -0.05) is 6.07 Å². The zero-order valence-corrected chi connectivity index (χ0v) is 10.5. The first-order valence-electron chi connectivity index (χ1n) is 5.78. The van der Waals surface area contributed by atoms with Crippen molar-refractivity contribution in [3.63, 3.8) is 0 Å². The predicted octanol–water partition coefficient (Wildman–Crippen LogP) is 2.64. The summed E-state index contributed by atoms with van der Waals surface area (Å²) < 4.78 is 13.7. The van der Waals surface area contributed by atoms with Crippen LogP contribution in [0, 0.1) is 17.1 Å². The molecular formula is C13H15FN2S. The van der Waals surface area contributed by atoms with Crippen LogP contribution in [-0.2, 0) is 6.54 Å². The molecule has 17 heavy (non-hydrogen) atoms. The van der Waals surface area contributed by atoms with Crippen LogP contribution < -0.4 is 0 Å². The van der Waals surface area contributed by atoms with E-state index in [1.54, 1.807) is 12.1 Å². The van der Waals surface area contributed by atoms with Crippen molar-refractivity contribution in [3.05, 3.63) is 35.1 Å². The topological polar surface area (TPSA) is 27.0 Å². The van der Waals surface area contributed by atoms with Crippen molar-refractivity contribution in [3.8, 4) is 6.07 Å². The number of nitrogens with zero attached hydrogens (tertiary/aromatic N) is 2. The van der Waals surface area contributed by atoms with Crippen molar-refractivity contribution >= 4 is 11.8 Å². The van der Waals surface area contributed by atoms with Crippen LogP contribution in [0.1, 0.15) is 17.5 Å². The second-order valence-corrected chi connectivity index (χ2v) is 5.38. The highest BCUT2D eigenvalue weighted by molar-refractivity contribution is 7.99. The van der Waals surface area contributed by atoms with E-state index in [1.807, 2.05) is 17.8 Å². The van der Waals surface area contributed by atoms with Crippen LogP contribution in [0.3, 0.4) is 0 Å². The molecule has 1 aliphatic rings. The number of rotatable bonds is 2. The molecule has 0 aliphatic carbocycles. The van der Waals surface area contributed by atoms with Crippen LogP contribution in [0.25, 0.3) is 0 Å². The second-order valence-electron chi connectivity index (χ2n) is 4.16. The molecular weight excluding hydrogens is 235 g/mol. The van der Waals surface area contributed by atoms with Crippen LogP contribution in [0.15, 0.2) is 18.2 Å². The van der Waals surface area contributed by atoms with E-state index in [-0.39, 0.29) is 5.82 Å². The third kappa shape index (κ3) is 3.45. The number of hydrogen-bond donors (Lipinski definition) is 0. The summed E-state index contributed by atoms with van der Waals surface area (Å²) in [4.78, 5) is 2.28. The van der Waals surface area contributed by atoms with Crippen molar-refractivity contribution in [1.29, 1.82) is 5.26 Å². The largest absolute Gasteiger partial charge is 0.298 e. The summed E-state index contributed by atoms with van der Waals surface area (Å²) in [6, 6.07) is 6.69. The van der Waals surface area contributed by atoms with Crippen LogP contribution in [-0.4, -0.2) is 29.5 Å². The molecule has 0 bridgehead atoms. The first kappa shape index (κ1) is 12.4. The van der Waals surface area contributed by atoms with Crippen LogP contribution in [0.5, 0.6) is 0 Å². The number of halogens is 1. The van der Waals surface area contributed by atoms with E-state index in [2.05, 4.69) is 4.90 Å². The average Bonchev–Trinajstić information content (AvgIpc) is 2.60. The van der Waals surface area contributed by atoms with Gasteiger partial charge in [-0.25, -0.2) is 4.39 Å². The summed E-state index contributed by atoms with van der Waals surface area (Å²) in [6.07, 6.45) is 1.17. The smallest absolute Gasteiger partial charge is 0.129 e. The van der Waals surface area contributed by atoms with Crippen molar-refractivity contribution < 1.29 is 4.39 Å². The van der Waals surface area contributed by atoms with Gasteiger partial charge in [0.2, 0.25) is 0 Å². The molecule has 2 nitrogen and oxygen atoms in total. The molecule has 4 heteroatoms. The van der Waals surface area contributed by atoms with Gasteiger partial charge >= 0.3 is 0 Å². The van der Waals surface area contributed by atoms with E-state index in [4.69, 9.17) is 5.26 Å². The maximum atomic E-state index is 13.7. The average molecular weight is 250 g/mol. The standard InChI is InChI=1S/C13H15FN2S/c14-13-8-11(9-15)2-3-12(13)10-16-4-1-6-17-7-5-16/h2-3,8H,1,4-7,10H2. The SMILES string of the molecule is N#Cc1ccc(CN2CCCSCC2)c(F)c1. The first-order valence-corrected chi connectivity index (χ1v) is 6.93. The maximum Gasteiger partial charge on any atom is 0.129 e. The molecule has 1 fully saturated rings. The third-order valence-corrected chi connectivity index (χ3v) is 3.94. The van der Waals surface area contributed by atoms with Gasteiger partial charge < -0.3 is 0 Å². The molecule has 90 valence electrons. The Labute approximate surface area is 105 Å². The van der Waals surface area contributed by atoms with E-state index in [0.717, 1.165) is 18.8 Å². The van der Waals surface area contributed by atoms with Crippen molar-refractivity contribution in [1.82, 2.24) is 4.90 Å². The Bertz CT molecular complexity index is 420. The van der Waals surface area contributed by atoms with Crippen molar-refractivity contribution in [2.75, 3.05) is 24.6 Å². The molecule has 0 unspecified atom stereocenters. The van der Waals surface area contributed by atoms with Gasteiger partial charge in [0.1, 0.15) is 5.82 Å². The summed E-state index contributed by atoms with van der Waals surface area (Å²) in [7, 11) is 0. The normalized spacial score (nSPS) is 17.4. The van der Waals surface area contributed by atoms with Gasteiger partial charge in [0.25, 0.3) is 0 Å². The molecule has 1 saturated heterocycles. The van der Waals surface area contributed by atoms with Gasteiger partial charge in [-0.15, -0.1) is 0 Å². The molecule has 1 aromatic carbocycles. The Morgan fingerprint density at radius 3 is 3.00 bits per heavy atom. The Balaban J connectivity index is 2.05. The molecule has 2 rings (SSSR count). The van der Waals surface area contributed by atoms with Gasteiger partial charge in [-0.05, 0) is 30.9 Å². The molecule has 0 radical (unpaired) electrons. The van der Waals surface area contributed by atoms with Gasteiger partial charge in [-0.2, -0.15) is 17.0 Å². The minimum Gasteiger partial charge on any atom is -0.298 e. The van der Waals surface area contributed by atoms with Gasteiger partial charge in [0.15, 0.2) is 0 Å². The van der Waals surface area contributed by atoms with Crippen molar-refractivity contribution in [2.45, 2.75) is 13.0 Å². The fourth-order valence-electron chi connectivity index (χ4n) is 1.94. The predicted molar refractivity (Wildman–Crippen MR) is 68.3 cm³/mol.